The van der Waals surface area contributed by atoms with Crippen LogP contribution in [0.1, 0.15) is 119 Å². The summed E-state index contributed by atoms with van der Waals surface area (Å²) in [6, 6.07) is 0. The molecule has 0 aromatic rings. The van der Waals surface area contributed by atoms with Crippen molar-refractivity contribution in [2.75, 3.05) is 0 Å². The average Bonchev–Trinajstić information content (AvgIpc) is 2.48. The van der Waals surface area contributed by atoms with Crippen LogP contribution < -0.4 is 0 Å². The largest absolute Gasteiger partial charge is 0.393 e. The van der Waals surface area contributed by atoms with Gasteiger partial charge in [0.05, 0.1) is 11.7 Å². The molecule has 0 aromatic heterocycles. The van der Waals surface area contributed by atoms with Crippen molar-refractivity contribution in [3.63, 3.8) is 0 Å². The Kier molecular flexibility index (Phi) is 10.3. The smallest absolute Gasteiger partial charge is 0.0677 e. The third-order valence-electron chi connectivity index (χ3n) is 7.18. The van der Waals surface area contributed by atoms with Crippen LogP contribution in [0.25, 0.3) is 0 Å². The van der Waals surface area contributed by atoms with Gasteiger partial charge in [-0.15, -0.1) is 0 Å². The Balaban J connectivity index is 2.25. The Labute approximate surface area is 170 Å². The fourth-order valence-corrected chi connectivity index (χ4v) is 5.58. The minimum atomic E-state index is -0.731. The second kappa shape index (κ2) is 11.2. The van der Waals surface area contributed by atoms with E-state index in [2.05, 4.69) is 41.5 Å². The summed E-state index contributed by atoms with van der Waals surface area (Å²) in [6.07, 6.45) is 12.9. The van der Waals surface area contributed by atoms with Gasteiger partial charge >= 0.3 is 0 Å². The fourth-order valence-electron chi connectivity index (χ4n) is 5.58. The molecule has 162 valence electrons. The molecular formula is C25H50O2. The van der Waals surface area contributed by atoms with Crippen molar-refractivity contribution >= 4 is 0 Å². The quantitative estimate of drug-likeness (QED) is 0.358. The predicted octanol–water partition coefficient (Wildman–Crippen LogP) is 6.97. The van der Waals surface area contributed by atoms with Crippen molar-refractivity contribution in [1.82, 2.24) is 0 Å². The van der Waals surface area contributed by atoms with Crippen molar-refractivity contribution in [2.45, 2.75) is 131 Å². The summed E-state index contributed by atoms with van der Waals surface area (Å²) < 4.78 is 0. The molecule has 0 amide bonds. The second-order valence-electron chi connectivity index (χ2n) is 11.4. The van der Waals surface area contributed by atoms with Gasteiger partial charge in [-0.05, 0) is 48.9 Å². The molecule has 27 heavy (non-hydrogen) atoms. The number of hydrogen-bond acceptors (Lipinski definition) is 2. The lowest BCUT2D eigenvalue weighted by Gasteiger charge is -2.50. The third kappa shape index (κ3) is 9.31. The van der Waals surface area contributed by atoms with E-state index in [9.17, 15) is 10.2 Å². The van der Waals surface area contributed by atoms with Crippen molar-refractivity contribution < 1.29 is 10.2 Å². The molecule has 1 fully saturated rings. The maximum Gasteiger partial charge on any atom is 0.0677 e. The van der Waals surface area contributed by atoms with Crippen LogP contribution in [0, 0.1) is 29.1 Å². The summed E-state index contributed by atoms with van der Waals surface area (Å²) in [4.78, 5) is 0. The van der Waals surface area contributed by atoms with Crippen LogP contribution in [-0.4, -0.2) is 21.9 Å². The zero-order valence-electron chi connectivity index (χ0n) is 19.6. The van der Waals surface area contributed by atoms with Crippen LogP contribution in [0.5, 0.6) is 0 Å². The van der Waals surface area contributed by atoms with Gasteiger partial charge in [0.25, 0.3) is 0 Å². The third-order valence-corrected chi connectivity index (χ3v) is 7.18. The molecule has 2 nitrogen and oxygen atoms in total. The predicted molar refractivity (Wildman–Crippen MR) is 118 cm³/mol. The number of aliphatic hydroxyl groups excluding tert-OH is 1. The van der Waals surface area contributed by atoms with Gasteiger partial charge in [-0.25, -0.2) is 0 Å². The molecule has 1 aliphatic rings. The average molecular weight is 383 g/mol. The zero-order valence-corrected chi connectivity index (χ0v) is 19.6. The Morgan fingerprint density at radius 1 is 0.778 bits per heavy atom. The molecule has 0 bridgehead atoms. The molecule has 1 saturated carbocycles. The van der Waals surface area contributed by atoms with E-state index < -0.39 is 5.60 Å². The van der Waals surface area contributed by atoms with Crippen LogP contribution in [-0.2, 0) is 0 Å². The summed E-state index contributed by atoms with van der Waals surface area (Å²) in [6.45, 7) is 15.8. The molecule has 0 aromatic carbocycles. The maximum atomic E-state index is 10.9. The number of rotatable bonds is 12. The van der Waals surface area contributed by atoms with E-state index in [0.29, 0.717) is 6.42 Å². The van der Waals surface area contributed by atoms with Crippen molar-refractivity contribution in [3.05, 3.63) is 0 Å². The highest BCUT2D eigenvalue weighted by Gasteiger charge is 2.48. The van der Waals surface area contributed by atoms with Crippen LogP contribution in [0.4, 0.5) is 0 Å². The lowest BCUT2D eigenvalue weighted by atomic mass is 9.59. The normalized spacial score (nSPS) is 30.4. The van der Waals surface area contributed by atoms with Crippen LogP contribution >= 0.6 is 0 Å². The van der Waals surface area contributed by atoms with Gasteiger partial charge < -0.3 is 10.2 Å². The Bertz CT molecular complexity index is 381. The lowest BCUT2D eigenvalue weighted by Crippen LogP contribution is -2.51. The van der Waals surface area contributed by atoms with Gasteiger partial charge in [0.15, 0.2) is 0 Å². The van der Waals surface area contributed by atoms with E-state index in [1.165, 1.54) is 51.4 Å². The summed E-state index contributed by atoms with van der Waals surface area (Å²) in [5.74, 6) is 2.73. The van der Waals surface area contributed by atoms with Crippen LogP contribution in [0.2, 0.25) is 0 Å². The van der Waals surface area contributed by atoms with Gasteiger partial charge in [-0.1, -0.05) is 92.9 Å². The highest BCUT2D eigenvalue weighted by Crippen LogP contribution is 2.48. The Morgan fingerprint density at radius 3 is 1.85 bits per heavy atom. The van der Waals surface area contributed by atoms with Crippen molar-refractivity contribution in [2.24, 2.45) is 29.1 Å². The van der Waals surface area contributed by atoms with Gasteiger partial charge in [0.2, 0.25) is 0 Å². The van der Waals surface area contributed by atoms with Crippen molar-refractivity contribution in [3.8, 4) is 0 Å². The number of unbranched alkanes of at least 4 members (excludes halogenated alkanes) is 1. The first-order chi connectivity index (χ1) is 12.4. The summed E-state index contributed by atoms with van der Waals surface area (Å²) in [7, 11) is 0. The van der Waals surface area contributed by atoms with E-state index in [0.717, 1.165) is 30.6 Å². The first-order valence-electron chi connectivity index (χ1n) is 11.8. The summed E-state index contributed by atoms with van der Waals surface area (Å²) >= 11 is 0. The lowest BCUT2D eigenvalue weighted by molar-refractivity contribution is -0.133. The highest BCUT2D eigenvalue weighted by atomic mass is 16.3. The summed E-state index contributed by atoms with van der Waals surface area (Å²) in [5.41, 5.74) is -0.712. The minimum Gasteiger partial charge on any atom is -0.393 e. The van der Waals surface area contributed by atoms with E-state index in [4.69, 9.17) is 0 Å². The standard InChI is InChI=1S/C25H50O2/c1-19(2)11-8-9-12-20(3)13-10-14-21(4)15-16-23-24(5,6)17-22(26)18-25(23,7)27/h19-23,26-27H,8-18H2,1-7H3/t20-,21-,22+,23?,25-/m1/s1. The number of hydrogen-bond donors (Lipinski definition) is 2. The SMILES string of the molecule is CC(C)CCCC[C@@H](C)CCC[C@@H](C)CCC1C(C)(C)C[C@H](O)C[C@@]1(C)O. The van der Waals surface area contributed by atoms with Crippen LogP contribution in [0.3, 0.4) is 0 Å². The first kappa shape index (κ1) is 25.0. The molecule has 0 radical (unpaired) electrons. The van der Waals surface area contributed by atoms with Gasteiger partial charge in [-0.2, -0.15) is 0 Å². The van der Waals surface area contributed by atoms with Crippen LogP contribution in [0.15, 0.2) is 0 Å². The number of aliphatic hydroxyl groups is 2. The molecule has 0 aliphatic heterocycles. The van der Waals surface area contributed by atoms with E-state index in [-0.39, 0.29) is 17.4 Å². The molecule has 0 saturated heterocycles. The molecule has 1 aliphatic carbocycles. The van der Waals surface area contributed by atoms with Gasteiger partial charge in [0, 0.05) is 6.42 Å². The monoisotopic (exact) mass is 382 g/mol. The van der Waals surface area contributed by atoms with Gasteiger partial charge in [0.1, 0.15) is 0 Å². The molecular weight excluding hydrogens is 332 g/mol. The maximum absolute atomic E-state index is 10.9. The molecule has 5 atom stereocenters. The molecule has 1 unspecified atom stereocenters. The molecule has 0 spiro atoms. The van der Waals surface area contributed by atoms with E-state index in [1.807, 2.05) is 6.92 Å². The highest BCUT2D eigenvalue weighted by molar-refractivity contribution is 4.99. The Morgan fingerprint density at radius 2 is 1.30 bits per heavy atom. The van der Waals surface area contributed by atoms with E-state index in [1.54, 1.807) is 0 Å². The molecule has 2 N–H and O–H groups in total. The Hall–Kier alpha value is -0.0800. The summed E-state index contributed by atoms with van der Waals surface area (Å²) in [5, 5.41) is 21.0. The molecule has 0 heterocycles. The zero-order chi connectivity index (χ0) is 20.7. The topological polar surface area (TPSA) is 40.5 Å². The second-order valence-corrected chi connectivity index (χ2v) is 11.4. The minimum absolute atomic E-state index is 0.0192. The molecule has 2 heteroatoms. The fraction of sp³-hybridized carbons (Fsp3) is 1.00. The van der Waals surface area contributed by atoms with E-state index >= 15 is 0 Å². The first-order valence-corrected chi connectivity index (χ1v) is 11.8. The van der Waals surface area contributed by atoms with Gasteiger partial charge in [-0.3, -0.25) is 0 Å². The van der Waals surface area contributed by atoms with Crippen molar-refractivity contribution in [1.29, 1.82) is 0 Å². The molecule has 1 rings (SSSR count).